The monoisotopic (exact) mass is 267 g/mol. The third-order valence-electron chi connectivity index (χ3n) is 4.15. The van der Waals surface area contributed by atoms with Gasteiger partial charge in [0.15, 0.2) is 0 Å². The van der Waals surface area contributed by atoms with Crippen molar-refractivity contribution in [2.75, 3.05) is 7.05 Å². The number of benzene rings is 2. The van der Waals surface area contributed by atoms with Gasteiger partial charge in [-0.3, -0.25) is 0 Å². The molecule has 0 spiro atoms. The SMILES string of the molecule is CNC1CC(c2ccc(OCc3ccccc3)cc2)C1. The lowest BCUT2D eigenvalue weighted by Gasteiger charge is -2.35. The van der Waals surface area contributed by atoms with E-state index in [1.54, 1.807) is 0 Å². The number of hydrogen-bond acceptors (Lipinski definition) is 2. The molecule has 3 rings (SSSR count). The van der Waals surface area contributed by atoms with Crippen molar-refractivity contribution in [2.45, 2.75) is 31.4 Å². The van der Waals surface area contributed by atoms with Gasteiger partial charge < -0.3 is 10.1 Å². The Morgan fingerprint density at radius 1 is 1.00 bits per heavy atom. The first-order chi connectivity index (χ1) is 9.85. The largest absolute Gasteiger partial charge is 0.489 e. The van der Waals surface area contributed by atoms with Crippen LogP contribution in [0.4, 0.5) is 0 Å². The fourth-order valence-corrected chi connectivity index (χ4v) is 2.70. The van der Waals surface area contributed by atoms with Crippen molar-refractivity contribution in [3.8, 4) is 5.75 Å². The molecule has 0 aromatic heterocycles. The van der Waals surface area contributed by atoms with Crippen molar-refractivity contribution in [3.63, 3.8) is 0 Å². The molecule has 0 bridgehead atoms. The second-order valence-electron chi connectivity index (χ2n) is 5.50. The van der Waals surface area contributed by atoms with Gasteiger partial charge in [-0.05, 0) is 49.1 Å². The number of hydrogen-bond donors (Lipinski definition) is 1. The Morgan fingerprint density at radius 3 is 2.35 bits per heavy atom. The molecule has 1 aliphatic rings. The molecule has 1 fully saturated rings. The van der Waals surface area contributed by atoms with Gasteiger partial charge in [-0.15, -0.1) is 0 Å². The first-order valence-electron chi connectivity index (χ1n) is 7.29. The zero-order valence-electron chi connectivity index (χ0n) is 11.9. The Balaban J connectivity index is 1.54. The third kappa shape index (κ3) is 3.02. The van der Waals surface area contributed by atoms with Crippen LogP contribution in [0.3, 0.4) is 0 Å². The molecule has 2 aromatic carbocycles. The minimum absolute atomic E-state index is 0.630. The molecule has 20 heavy (non-hydrogen) atoms. The van der Waals surface area contributed by atoms with Gasteiger partial charge in [0, 0.05) is 6.04 Å². The molecule has 1 aliphatic carbocycles. The van der Waals surface area contributed by atoms with Gasteiger partial charge in [-0.25, -0.2) is 0 Å². The molecule has 0 amide bonds. The van der Waals surface area contributed by atoms with Crippen molar-refractivity contribution in [1.29, 1.82) is 0 Å². The Bertz CT molecular complexity index is 529. The summed E-state index contributed by atoms with van der Waals surface area (Å²) in [5, 5.41) is 3.33. The molecule has 0 atom stereocenters. The number of ether oxygens (including phenoxy) is 1. The third-order valence-corrected chi connectivity index (χ3v) is 4.15. The second-order valence-corrected chi connectivity index (χ2v) is 5.50. The quantitative estimate of drug-likeness (QED) is 0.891. The van der Waals surface area contributed by atoms with Crippen molar-refractivity contribution in [1.82, 2.24) is 5.32 Å². The molecule has 0 aliphatic heterocycles. The zero-order valence-corrected chi connectivity index (χ0v) is 11.9. The highest BCUT2D eigenvalue weighted by Crippen LogP contribution is 2.37. The molecule has 0 saturated heterocycles. The van der Waals surface area contributed by atoms with E-state index >= 15 is 0 Å². The summed E-state index contributed by atoms with van der Waals surface area (Å²) in [4.78, 5) is 0. The molecular formula is C18H21NO. The number of nitrogens with one attached hydrogen (secondary N) is 1. The van der Waals surface area contributed by atoms with Crippen LogP contribution in [0.15, 0.2) is 54.6 Å². The van der Waals surface area contributed by atoms with Crippen LogP contribution in [-0.2, 0) is 6.61 Å². The lowest BCUT2D eigenvalue weighted by atomic mass is 9.76. The van der Waals surface area contributed by atoms with Crippen LogP contribution in [0.2, 0.25) is 0 Å². The minimum atomic E-state index is 0.630. The summed E-state index contributed by atoms with van der Waals surface area (Å²) in [7, 11) is 2.04. The molecule has 2 aromatic rings. The highest BCUT2D eigenvalue weighted by molar-refractivity contribution is 5.31. The summed E-state index contributed by atoms with van der Waals surface area (Å²) < 4.78 is 5.81. The van der Waals surface area contributed by atoms with Crippen LogP contribution in [0.1, 0.15) is 29.9 Å². The van der Waals surface area contributed by atoms with E-state index in [-0.39, 0.29) is 0 Å². The summed E-state index contributed by atoms with van der Waals surface area (Å²) in [5.41, 5.74) is 2.64. The standard InChI is InChI=1S/C18H21NO/c1-19-17-11-16(12-17)15-7-9-18(10-8-15)20-13-14-5-3-2-4-6-14/h2-10,16-17,19H,11-13H2,1H3. The predicted octanol–water partition coefficient (Wildman–Crippen LogP) is 3.73. The van der Waals surface area contributed by atoms with Crippen LogP contribution in [-0.4, -0.2) is 13.1 Å². The highest BCUT2D eigenvalue weighted by Gasteiger charge is 2.28. The summed E-state index contributed by atoms with van der Waals surface area (Å²) in [6, 6.07) is 19.6. The second kappa shape index (κ2) is 6.10. The van der Waals surface area contributed by atoms with E-state index in [1.807, 2.05) is 25.2 Å². The van der Waals surface area contributed by atoms with Gasteiger partial charge in [-0.2, -0.15) is 0 Å². The average Bonchev–Trinajstić information content (AvgIpc) is 2.46. The van der Waals surface area contributed by atoms with Gasteiger partial charge in [0.25, 0.3) is 0 Å². The van der Waals surface area contributed by atoms with Crippen molar-refractivity contribution >= 4 is 0 Å². The van der Waals surface area contributed by atoms with Gasteiger partial charge >= 0.3 is 0 Å². The van der Waals surface area contributed by atoms with E-state index in [9.17, 15) is 0 Å². The predicted molar refractivity (Wildman–Crippen MR) is 82.0 cm³/mol. The van der Waals surface area contributed by atoms with Gasteiger partial charge in [-0.1, -0.05) is 42.5 Å². The summed E-state index contributed by atoms with van der Waals surface area (Å²) in [6.07, 6.45) is 2.50. The molecule has 0 unspecified atom stereocenters. The Labute approximate surface area is 120 Å². The fraction of sp³-hybridized carbons (Fsp3) is 0.333. The Hall–Kier alpha value is -1.80. The van der Waals surface area contributed by atoms with Crippen LogP contribution < -0.4 is 10.1 Å². The fourth-order valence-electron chi connectivity index (χ4n) is 2.70. The van der Waals surface area contributed by atoms with Gasteiger partial charge in [0.2, 0.25) is 0 Å². The van der Waals surface area contributed by atoms with E-state index < -0.39 is 0 Å². The average molecular weight is 267 g/mol. The van der Waals surface area contributed by atoms with Crippen molar-refractivity contribution in [3.05, 3.63) is 65.7 Å². The molecule has 1 N–H and O–H groups in total. The van der Waals surface area contributed by atoms with E-state index in [2.05, 4.69) is 41.7 Å². The van der Waals surface area contributed by atoms with Gasteiger partial charge in [0.05, 0.1) is 0 Å². The van der Waals surface area contributed by atoms with Gasteiger partial charge in [0.1, 0.15) is 12.4 Å². The van der Waals surface area contributed by atoms with Crippen LogP contribution >= 0.6 is 0 Å². The van der Waals surface area contributed by atoms with E-state index in [0.717, 1.165) is 11.7 Å². The molecule has 0 heterocycles. The highest BCUT2D eigenvalue weighted by atomic mass is 16.5. The molecule has 104 valence electrons. The molecular weight excluding hydrogens is 246 g/mol. The van der Waals surface area contributed by atoms with Crippen molar-refractivity contribution in [2.24, 2.45) is 0 Å². The topological polar surface area (TPSA) is 21.3 Å². The smallest absolute Gasteiger partial charge is 0.119 e. The first kappa shape index (κ1) is 13.2. The van der Waals surface area contributed by atoms with Crippen molar-refractivity contribution < 1.29 is 4.74 Å². The number of rotatable bonds is 5. The van der Waals surface area contributed by atoms with E-state index in [0.29, 0.717) is 12.6 Å². The minimum Gasteiger partial charge on any atom is -0.489 e. The van der Waals surface area contributed by atoms with E-state index in [4.69, 9.17) is 4.74 Å². The zero-order chi connectivity index (χ0) is 13.8. The maximum absolute atomic E-state index is 5.81. The maximum Gasteiger partial charge on any atom is 0.119 e. The van der Waals surface area contributed by atoms with Crippen LogP contribution in [0.5, 0.6) is 5.75 Å². The van der Waals surface area contributed by atoms with E-state index in [1.165, 1.54) is 24.0 Å². The van der Waals surface area contributed by atoms with Crippen LogP contribution in [0.25, 0.3) is 0 Å². The molecule has 1 saturated carbocycles. The first-order valence-corrected chi connectivity index (χ1v) is 7.29. The maximum atomic E-state index is 5.81. The molecule has 2 heteroatoms. The molecule has 0 radical (unpaired) electrons. The lowest BCUT2D eigenvalue weighted by Crippen LogP contribution is -2.37. The Morgan fingerprint density at radius 2 is 1.70 bits per heavy atom. The molecule has 2 nitrogen and oxygen atoms in total. The lowest BCUT2D eigenvalue weighted by molar-refractivity contribution is 0.301. The summed E-state index contributed by atoms with van der Waals surface area (Å²) in [5.74, 6) is 1.66. The van der Waals surface area contributed by atoms with Crippen LogP contribution in [0, 0.1) is 0 Å². The Kier molecular flexibility index (Phi) is 4.03. The summed E-state index contributed by atoms with van der Waals surface area (Å²) in [6.45, 7) is 0.630. The normalized spacial score (nSPS) is 21.2. The summed E-state index contributed by atoms with van der Waals surface area (Å²) >= 11 is 0.